The summed E-state index contributed by atoms with van der Waals surface area (Å²) in [5, 5.41) is 0. The Morgan fingerprint density at radius 1 is 1.00 bits per heavy atom. The number of rotatable bonds is 6. The molecule has 0 unspecified atom stereocenters. The summed E-state index contributed by atoms with van der Waals surface area (Å²) in [6, 6.07) is 4.81. The van der Waals surface area contributed by atoms with Gasteiger partial charge >= 0.3 is 0 Å². The number of halogens is 4. The van der Waals surface area contributed by atoms with E-state index in [9.17, 15) is 8.78 Å². The van der Waals surface area contributed by atoms with Gasteiger partial charge in [-0.05, 0) is 63.5 Å². The standard InChI is InChI=1S/C17H22F2N4.2ClH/c1-11-8-14(22-17(20)21-11)5-4-13-9-12(6-7-23(2)3)10-15(18)16(13)19;;/h8-10H,4-7H2,1-3H3,(H2,20,21,22);2*1H. The van der Waals surface area contributed by atoms with Crippen molar-refractivity contribution in [2.75, 3.05) is 26.4 Å². The summed E-state index contributed by atoms with van der Waals surface area (Å²) in [5.41, 5.74) is 8.27. The lowest BCUT2D eigenvalue weighted by Crippen LogP contribution is -2.15. The summed E-state index contributed by atoms with van der Waals surface area (Å²) in [4.78, 5) is 10.1. The fourth-order valence-corrected chi connectivity index (χ4v) is 2.44. The van der Waals surface area contributed by atoms with Crippen LogP contribution in [0.3, 0.4) is 0 Å². The predicted octanol–water partition coefficient (Wildman–Crippen LogP) is 3.38. The minimum atomic E-state index is -0.797. The van der Waals surface area contributed by atoms with Crippen molar-refractivity contribution in [2.24, 2.45) is 0 Å². The first kappa shape index (κ1) is 23.5. The molecule has 0 bridgehead atoms. The summed E-state index contributed by atoms with van der Waals surface area (Å²) in [5.74, 6) is -1.38. The van der Waals surface area contributed by atoms with E-state index in [1.54, 1.807) is 12.1 Å². The Hall–Kier alpha value is -1.50. The van der Waals surface area contributed by atoms with Crippen LogP contribution in [0.15, 0.2) is 18.2 Å². The fourth-order valence-electron chi connectivity index (χ4n) is 2.44. The van der Waals surface area contributed by atoms with Gasteiger partial charge in [0.05, 0.1) is 0 Å². The minimum Gasteiger partial charge on any atom is -0.368 e. The number of anilines is 1. The van der Waals surface area contributed by atoms with Crippen molar-refractivity contribution < 1.29 is 8.78 Å². The van der Waals surface area contributed by atoms with Crippen LogP contribution in [-0.2, 0) is 19.3 Å². The third kappa shape index (κ3) is 7.10. The van der Waals surface area contributed by atoms with E-state index in [2.05, 4.69) is 9.97 Å². The van der Waals surface area contributed by atoms with Crippen molar-refractivity contribution in [1.82, 2.24) is 14.9 Å². The van der Waals surface area contributed by atoms with Crippen molar-refractivity contribution in [3.05, 3.63) is 52.3 Å². The van der Waals surface area contributed by atoms with Crippen LogP contribution in [-0.4, -0.2) is 35.5 Å². The van der Waals surface area contributed by atoms with Crippen LogP contribution in [0.5, 0.6) is 0 Å². The van der Waals surface area contributed by atoms with Gasteiger partial charge in [0.15, 0.2) is 11.6 Å². The van der Waals surface area contributed by atoms with Crippen molar-refractivity contribution in [3.63, 3.8) is 0 Å². The second-order valence-electron chi connectivity index (χ2n) is 5.96. The molecule has 140 valence electrons. The normalized spacial score (nSPS) is 10.3. The van der Waals surface area contributed by atoms with Gasteiger partial charge in [-0.2, -0.15) is 0 Å². The lowest BCUT2D eigenvalue weighted by Gasteiger charge is -2.12. The van der Waals surface area contributed by atoms with Gasteiger partial charge in [-0.15, -0.1) is 24.8 Å². The Balaban J connectivity index is 0.00000288. The van der Waals surface area contributed by atoms with E-state index in [0.717, 1.165) is 23.5 Å². The van der Waals surface area contributed by atoms with Gasteiger partial charge < -0.3 is 10.6 Å². The topological polar surface area (TPSA) is 55.0 Å². The van der Waals surface area contributed by atoms with Crippen molar-refractivity contribution >= 4 is 30.8 Å². The first-order valence-electron chi connectivity index (χ1n) is 7.56. The number of aromatic nitrogens is 2. The van der Waals surface area contributed by atoms with E-state index >= 15 is 0 Å². The summed E-state index contributed by atoms with van der Waals surface area (Å²) in [6.45, 7) is 2.61. The van der Waals surface area contributed by atoms with Gasteiger partial charge in [0.25, 0.3) is 0 Å². The molecule has 0 fully saturated rings. The summed E-state index contributed by atoms with van der Waals surface area (Å²) >= 11 is 0. The first-order chi connectivity index (χ1) is 10.8. The second-order valence-corrected chi connectivity index (χ2v) is 5.96. The molecule has 0 aliphatic carbocycles. The molecule has 0 radical (unpaired) electrons. The van der Waals surface area contributed by atoms with Gasteiger partial charge in [0, 0.05) is 17.9 Å². The van der Waals surface area contributed by atoms with Crippen molar-refractivity contribution in [2.45, 2.75) is 26.2 Å². The molecule has 4 nitrogen and oxygen atoms in total. The molecule has 0 saturated carbocycles. The van der Waals surface area contributed by atoms with Crippen LogP contribution in [0.2, 0.25) is 0 Å². The number of nitrogens with zero attached hydrogens (tertiary/aromatic N) is 3. The molecule has 0 amide bonds. The average molecular weight is 393 g/mol. The van der Waals surface area contributed by atoms with Crippen molar-refractivity contribution in [1.29, 1.82) is 0 Å². The Morgan fingerprint density at radius 3 is 2.28 bits per heavy atom. The third-order valence-corrected chi connectivity index (χ3v) is 3.59. The zero-order valence-corrected chi connectivity index (χ0v) is 16.2. The van der Waals surface area contributed by atoms with Gasteiger partial charge in [-0.25, -0.2) is 18.7 Å². The number of nitrogen functional groups attached to an aromatic ring is 1. The van der Waals surface area contributed by atoms with Gasteiger partial charge in [-0.3, -0.25) is 0 Å². The Bertz CT molecular complexity index is 676. The van der Waals surface area contributed by atoms with Crippen LogP contribution in [0, 0.1) is 18.6 Å². The lowest BCUT2D eigenvalue weighted by molar-refractivity contribution is 0.412. The second kappa shape index (κ2) is 10.5. The van der Waals surface area contributed by atoms with E-state index in [1.165, 1.54) is 6.07 Å². The van der Waals surface area contributed by atoms with Gasteiger partial charge in [0.1, 0.15) is 0 Å². The van der Waals surface area contributed by atoms with Crippen LogP contribution in [0.4, 0.5) is 14.7 Å². The van der Waals surface area contributed by atoms with Crippen LogP contribution in [0.25, 0.3) is 0 Å². The molecule has 0 spiro atoms. The molecule has 2 rings (SSSR count). The van der Waals surface area contributed by atoms with E-state index in [-0.39, 0.29) is 30.8 Å². The van der Waals surface area contributed by atoms with Crippen LogP contribution in [0.1, 0.15) is 22.5 Å². The van der Waals surface area contributed by atoms with E-state index in [4.69, 9.17) is 5.73 Å². The van der Waals surface area contributed by atoms with E-state index in [0.29, 0.717) is 24.8 Å². The molecule has 2 N–H and O–H groups in total. The van der Waals surface area contributed by atoms with Gasteiger partial charge in [-0.1, -0.05) is 6.07 Å². The van der Waals surface area contributed by atoms with Crippen LogP contribution >= 0.6 is 24.8 Å². The minimum absolute atomic E-state index is 0. The Kier molecular flexibility index (Phi) is 9.85. The maximum atomic E-state index is 14.0. The number of aryl methyl sites for hydroxylation is 3. The molecule has 0 saturated heterocycles. The summed E-state index contributed by atoms with van der Waals surface area (Å²) in [6.07, 6.45) is 1.53. The average Bonchev–Trinajstić information content (AvgIpc) is 2.46. The maximum absolute atomic E-state index is 14.0. The highest BCUT2D eigenvalue weighted by Gasteiger charge is 2.12. The number of likely N-dealkylation sites (N-methyl/N-ethyl adjacent to an activating group) is 1. The lowest BCUT2D eigenvalue weighted by atomic mass is 10.0. The highest BCUT2D eigenvalue weighted by atomic mass is 35.5. The summed E-state index contributed by atoms with van der Waals surface area (Å²) < 4.78 is 27.8. The van der Waals surface area contributed by atoms with E-state index < -0.39 is 11.6 Å². The molecule has 25 heavy (non-hydrogen) atoms. The number of hydrogen-bond acceptors (Lipinski definition) is 4. The molecule has 1 heterocycles. The van der Waals surface area contributed by atoms with Crippen molar-refractivity contribution in [3.8, 4) is 0 Å². The molecule has 8 heteroatoms. The molecule has 0 aliphatic rings. The monoisotopic (exact) mass is 392 g/mol. The zero-order chi connectivity index (χ0) is 17.0. The quantitative estimate of drug-likeness (QED) is 0.818. The maximum Gasteiger partial charge on any atom is 0.220 e. The predicted molar refractivity (Wildman–Crippen MR) is 102 cm³/mol. The number of benzene rings is 1. The van der Waals surface area contributed by atoms with E-state index in [1.807, 2.05) is 25.9 Å². The Morgan fingerprint density at radius 2 is 1.68 bits per heavy atom. The molecule has 1 aromatic heterocycles. The number of hydrogen-bond donors (Lipinski definition) is 1. The highest BCUT2D eigenvalue weighted by molar-refractivity contribution is 5.85. The van der Waals surface area contributed by atoms with Gasteiger partial charge in [0.2, 0.25) is 5.95 Å². The van der Waals surface area contributed by atoms with Crippen LogP contribution < -0.4 is 5.73 Å². The Labute approximate surface area is 159 Å². The molecular formula is C17H24Cl2F2N4. The first-order valence-corrected chi connectivity index (χ1v) is 7.56. The largest absolute Gasteiger partial charge is 0.368 e. The molecule has 1 aromatic carbocycles. The summed E-state index contributed by atoms with van der Waals surface area (Å²) in [7, 11) is 3.89. The zero-order valence-electron chi connectivity index (χ0n) is 14.6. The SMILES string of the molecule is Cc1cc(CCc2cc(CCN(C)C)cc(F)c2F)nc(N)n1.Cl.Cl. The molecule has 0 aliphatic heterocycles. The number of nitrogens with two attached hydrogens (primary N) is 1. The highest BCUT2D eigenvalue weighted by Crippen LogP contribution is 2.18. The fraction of sp³-hybridized carbons (Fsp3) is 0.412. The smallest absolute Gasteiger partial charge is 0.220 e. The molecule has 0 atom stereocenters. The molecular weight excluding hydrogens is 369 g/mol. The third-order valence-electron chi connectivity index (χ3n) is 3.59. The molecule has 2 aromatic rings.